The second-order valence-corrected chi connectivity index (χ2v) is 6.71. The smallest absolute Gasteiger partial charge is 0.186 e. The number of rotatable bonds is 7. The highest BCUT2D eigenvalue weighted by atomic mass is 16.7. The highest BCUT2D eigenvalue weighted by molar-refractivity contribution is 5.84. The second kappa shape index (κ2) is 8.80. The van der Waals surface area contributed by atoms with Crippen LogP contribution in [0.15, 0.2) is 42.7 Å². The van der Waals surface area contributed by atoms with Crippen molar-refractivity contribution in [3.8, 4) is 5.75 Å². The van der Waals surface area contributed by atoms with Crippen LogP contribution in [0, 0.1) is 0 Å². The number of para-hydroxylation sites is 1. The monoisotopic (exact) mass is 402 g/mol. The third-order valence-corrected chi connectivity index (χ3v) is 4.61. The molecule has 2 aromatic heterocycles. The van der Waals surface area contributed by atoms with Gasteiger partial charge in [-0.05, 0) is 12.1 Å². The zero-order valence-electron chi connectivity index (χ0n) is 15.5. The van der Waals surface area contributed by atoms with Crippen molar-refractivity contribution in [3.63, 3.8) is 0 Å². The first-order valence-electron chi connectivity index (χ1n) is 9.25. The molecule has 3 N–H and O–H groups in total. The maximum Gasteiger partial charge on any atom is 0.186 e. The molecule has 1 aromatic carbocycles. The van der Waals surface area contributed by atoms with Gasteiger partial charge in [-0.2, -0.15) is 0 Å². The maximum atomic E-state index is 9.87. The van der Waals surface area contributed by atoms with Crippen LogP contribution < -0.4 is 4.74 Å². The fourth-order valence-electron chi connectivity index (χ4n) is 3.05. The highest BCUT2D eigenvalue weighted by Gasteiger charge is 2.38. The SMILES string of the molecule is O[C@@H]1[C@@H](O)[C@H](OCc2cn(CCOc3cccc4cccnc34)nn2)OC[C@H]1O. The van der Waals surface area contributed by atoms with E-state index in [-0.39, 0.29) is 13.2 Å². The number of hydrogen-bond acceptors (Lipinski definition) is 9. The molecule has 0 spiro atoms. The number of benzene rings is 1. The molecule has 0 radical (unpaired) electrons. The van der Waals surface area contributed by atoms with Gasteiger partial charge in [0.15, 0.2) is 6.29 Å². The van der Waals surface area contributed by atoms with Crippen molar-refractivity contribution in [2.75, 3.05) is 13.2 Å². The van der Waals surface area contributed by atoms with E-state index in [1.54, 1.807) is 17.1 Å². The van der Waals surface area contributed by atoms with Gasteiger partial charge in [-0.1, -0.05) is 23.4 Å². The lowest BCUT2D eigenvalue weighted by molar-refractivity contribution is -0.273. The van der Waals surface area contributed by atoms with E-state index in [0.717, 1.165) is 10.9 Å². The zero-order valence-corrected chi connectivity index (χ0v) is 15.5. The van der Waals surface area contributed by atoms with Gasteiger partial charge in [0.05, 0.1) is 26.0 Å². The van der Waals surface area contributed by atoms with Crippen LogP contribution in [0.2, 0.25) is 0 Å². The molecule has 154 valence electrons. The molecule has 10 nitrogen and oxygen atoms in total. The van der Waals surface area contributed by atoms with Gasteiger partial charge in [0.25, 0.3) is 0 Å². The maximum absolute atomic E-state index is 9.87. The number of aromatic nitrogens is 4. The summed E-state index contributed by atoms with van der Waals surface area (Å²) in [5.41, 5.74) is 1.34. The van der Waals surface area contributed by atoms with Crippen molar-refractivity contribution in [1.82, 2.24) is 20.0 Å². The minimum atomic E-state index is -1.34. The number of aliphatic hydroxyl groups is 3. The van der Waals surface area contributed by atoms with Crippen molar-refractivity contribution in [3.05, 3.63) is 48.4 Å². The summed E-state index contributed by atoms with van der Waals surface area (Å²) >= 11 is 0. The van der Waals surface area contributed by atoms with E-state index in [4.69, 9.17) is 14.2 Å². The Balaban J connectivity index is 1.27. The highest BCUT2D eigenvalue weighted by Crippen LogP contribution is 2.23. The van der Waals surface area contributed by atoms with E-state index < -0.39 is 24.6 Å². The lowest BCUT2D eigenvalue weighted by Gasteiger charge is -2.34. The Labute approximate surface area is 166 Å². The summed E-state index contributed by atoms with van der Waals surface area (Å²) in [6.07, 6.45) is -1.40. The first kappa shape index (κ1) is 19.7. The first-order valence-corrected chi connectivity index (χ1v) is 9.25. The Morgan fingerprint density at radius 3 is 2.90 bits per heavy atom. The Kier molecular flexibility index (Phi) is 5.97. The van der Waals surface area contributed by atoms with Crippen LogP contribution >= 0.6 is 0 Å². The van der Waals surface area contributed by atoms with Crippen molar-refractivity contribution in [2.24, 2.45) is 0 Å². The number of aliphatic hydroxyl groups excluding tert-OH is 3. The summed E-state index contributed by atoms with van der Waals surface area (Å²) in [6, 6.07) is 9.63. The van der Waals surface area contributed by atoms with Crippen LogP contribution in [0.3, 0.4) is 0 Å². The molecule has 1 aliphatic heterocycles. The van der Waals surface area contributed by atoms with E-state index in [2.05, 4.69) is 15.3 Å². The summed E-state index contributed by atoms with van der Waals surface area (Å²) in [7, 11) is 0. The minimum absolute atomic E-state index is 0.0403. The van der Waals surface area contributed by atoms with E-state index in [1.165, 1.54) is 0 Å². The van der Waals surface area contributed by atoms with Crippen molar-refractivity contribution in [1.29, 1.82) is 0 Å². The third kappa shape index (κ3) is 4.52. The van der Waals surface area contributed by atoms with Gasteiger partial charge in [-0.3, -0.25) is 4.98 Å². The summed E-state index contributed by atoms with van der Waals surface area (Å²) in [4.78, 5) is 4.35. The molecule has 0 unspecified atom stereocenters. The molecule has 0 saturated carbocycles. The standard InChI is InChI=1S/C19H22N4O6/c24-14-11-29-19(18(26)17(14)25)28-10-13-9-23(22-21-13)7-8-27-15-5-1-3-12-4-2-6-20-16(12)15/h1-6,9,14,17-19,24-26H,7-8,10-11H2/t14-,17+,18-,19-/m1/s1. The van der Waals surface area contributed by atoms with Gasteiger partial charge >= 0.3 is 0 Å². The first-order chi connectivity index (χ1) is 14.1. The van der Waals surface area contributed by atoms with Gasteiger partial charge in [0, 0.05) is 11.6 Å². The Bertz CT molecular complexity index is 946. The molecule has 4 rings (SSSR count). The summed E-state index contributed by atoms with van der Waals surface area (Å²) < 4.78 is 18.1. The normalized spacial score (nSPS) is 24.7. The Hall–Kier alpha value is -2.63. The molecule has 1 aliphatic rings. The Morgan fingerprint density at radius 1 is 1.14 bits per heavy atom. The average molecular weight is 402 g/mol. The van der Waals surface area contributed by atoms with Crippen LogP contribution in [0.4, 0.5) is 0 Å². The van der Waals surface area contributed by atoms with Crippen LogP contribution in [-0.2, 0) is 22.6 Å². The van der Waals surface area contributed by atoms with E-state index in [0.29, 0.717) is 24.6 Å². The number of ether oxygens (including phenoxy) is 3. The number of nitrogens with zero attached hydrogens (tertiary/aromatic N) is 4. The fraction of sp³-hybridized carbons (Fsp3) is 0.421. The molecule has 4 atom stereocenters. The third-order valence-electron chi connectivity index (χ3n) is 4.61. The lowest BCUT2D eigenvalue weighted by Crippen LogP contribution is -2.53. The average Bonchev–Trinajstić information content (AvgIpc) is 3.19. The minimum Gasteiger partial charge on any atom is -0.489 e. The zero-order chi connectivity index (χ0) is 20.2. The quantitative estimate of drug-likeness (QED) is 0.494. The van der Waals surface area contributed by atoms with Gasteiger partial charge < -0.3 is 29.5 Å². The van der Waals surface area contributed by atoms with E-state index in [9.17, 15) is 15.3 Å². The molecule has 29 heavy (non-hydrogen) atoms. The van der Waals surface area contributed by atoms with Crippen molar-refractivity contribution in [2.45, 2.75) is 37.8 Å². The van der Waals surface area contributed by atoms with Crippen LogP contribution in [-0.4, -0.2) is 73.1 Å². The van der Waals surface area contributed by atoms with Gasteiger partial charge in [0.1, 0.15) is 41.9 Å². The molecule has 0 aliphatic carbocycles. The number of hydrogen-bond donors (Lipinski definition) is 3. The topological polar surface area (TPSA) is 132 Å². The summed E-state index contributed by atoms with van der Waals surface area (Å²) in [5, 5.41) is 38.0. The van der Waals surface area contributed by atoms with Crippen LogP contribution in [0.5, 0.6) is 5.75 Å². The number of pyridine rings is 1. The summed E-state index contributed by atoms with van der Waals surface area (Å²) in [5.74, 6) is 0.705. The van der Waals surface area contributed by atoms with E-state index in [1.807, 2.05) is 30.3 Å². The molecule has 10 heteroatoms. The molecular weight excluding hydrogens is 380 g/mol. The van der Waals surface area contributed by atoms with Crippen LogP contribution in [0.1, 0.15) is 5.69 Å². The largest absolute Gasteiger partial charge is 0.489 e. The molecule has 0 bridgehead atoms. The predicted octanol–water partition coefficient (Wildman–Crippen LogP) is -0.139. The van der Waals surface area contributed by atoms with Gasteiger partial charge in [0.2, 0.25) is 0 Å². The van der Waals surface area contributed by atoms with Crippen molar-refractivity contribution < 1.29 is 29.5 Å². The molecule has 0 amide bonds. The van der Waals surface area contributed by atoms with Gasteiger partial charge in [-0.15, -0.1) is 5.10 Å². The fourth-order valence-corrected chi connectivity index (χ4v) is 3.05. The molecular formula is C19H22N4O6. The molecule has 1 fully saturated rings. The Morgan fingerprint density at radius 2 is 2.00 bits per heavy atom. The summed E-state index contributed by atoms with van der Waals surface area (Å²) in [6.45, 7) is 0.784. The number of fused-ring (bicyclic) bond motifs is 1. The van der Waals surface area contributed by atoms with Crippen LogP contribution in [0.25, 0.3) is 10.9 Å². The van der Waals surface area contributed by atoms with Gasteiger partial charge in [-0.25, -0.2) is 4.68 Å². The predicted molar refractivity (Wildman–Crippen MR) is 99.8 cm³/mol. The lowest BCUT2D eigenvalue weighted by atomic mass is 10.1. The van der Waals surface area contributed by atoms with E-state index >= 15 is 0 Å². The molecule has 3 aromatic rings. The van der Waals surface area contributed by atoms with Crippen molar-refractivity contribution >= 4 is 10.9 Å². The second-order valence-electron chi connectivity index (χ2n) is 6.71. The molecule has 1 saturated heterocycles. The molecule has 3 heterocycles.